The van der Waals surface area contributed by atoms with Crippen LogP contribution >= 0.6 is 23.4 Å². The van der Waals surface area contributed by atoms with E-state index in [9.17, 15) is 18.0 Å². The van der Waals surface area contributed by atoms with E-state index in [1.165, 1.54) is 24.4 Å². The quantitative estimate of drug-likeness (QED) is 0.409. The summed E-state index contributed by atoms with van der Waals surface area (Å²) in [6, 6.07) is 16.0. The Morgan fingerprint density at radius 1 is 1.04 bits per heavy atom. The van der Waals surface area contributed by atoms with Crippen molar-refractivity contribution in [3.8, 4) is 11.1 Å². The largest absolute Gasteiger partial charge is 0.446 e. The van der Waals surface area contributed by atoms with Gasteiger partial charge in [-0.3, -0.25) is 4.79 Å². The molecule has 8 heteroatoms. The first-order chi connectivity index (χ1) is 12.8. The van der Waals surface area contributed by atoms with Crippen LogP contribution in [-0.4, -0.2) is 16.4 Å². The maximum atomic E-state index is 12.6. The lowest BCUT2D eigenvalue weighted by atomic mass is 10.0. The number of hydrogen-bond acceptors (Lipinski definition) is 3. The molecule has 1 heterocycles. The summed E-state index contributed by atoms with van der Waals surface area (Å²) < 4.78 is 37.9. The predicted molar refractivity (Wildman–Crippen MR) is 101 cm³/mol. The van der Waals surface area contributed by atoms with E-state index in [1.807, 2.05) is 0 Å². The van der Waals surface area contributed by atoms with Crippen molar-refractivity contribution in [3.05, 3.63) is 77.6 Å². The van der Waals surface area contributed by atoms with E-state index in [0.29, 0.717) is 16.8 Å². The second kappa shape index (κ2) is 8.02. The highest BCUT2D eigenvalue weighted by Crippen LogP contribution is 2.39. The fourth-order valence-corrected chi connectivity index (χ4v) is 3.25. The molecular formula is C19H12ClF3N2OS. The van der Waals surface area contributed by atoms with E-state index in [4.69, 9.17) is 11.6 Å². The number of para-hydroxylation sites is 1. The summed E-state index contributed by atoms with van der Waals surface area (Å²) in [6.07, 6.45) is 1.47. The molecule has 0 saturated heterocycles. The summed E-state index contributed by atoms with van der Waals surface area (Å²) in [7, 11) is 0. The fraction of sp³-hybridized carbons (Fsp3) is 0.0526. The predicted octanol–water partition coefficient (Wildman–Crippen LogP) is 6.27. The van der Waals surface area contributed by atoms with E-state index < -0.39 is 11.4 Å². The molecule has 3 aromatic rings. The summed E-state index contributed by atoms with van der Waals surface area (Å²) in [6.45, 7) is 0. The number of nitrogens with one attached hydrogen (secondary N) is 1. The van der Waals surface area contributed by atoms with Crippen LogP contribution in [-0.2, 0) is 0 Å². The molecule has 0 saturated carbocycles. The minimum Gasteiger partial charge on any atom is -0.321 e. The van der Waals surface area contributed by atoms with Gasteiger partial charge in [-0.25, -0.2) is 4.98 Å². The van der Waals surface area contributed by atoms with E-state index >= 15 is 0 Å². The van der Waals surface area contributed by atoms with Gasteiger partial charge in [0.25, 0.3) is 5.91 Å². The Morgan fingerprint density at radius 2 is 1.81 bits per heavy atom. The Labute approximate surface area is 162 Å². The second-order valence-corrected chi connectivity index (χ2v) is 6.91. The summed E-state index contributed by atoms with van der Waals surface area (Å²) in [5, 5.41) is 2.81. The first kappa shape index (κ1) is 19.3. The van der Waals surface area contributed by atoms with E-state index in [0.717, 1.165) is 0 Å². The molecule has 0 aliphatic rings. The number of benzene rings is 2. The highest BCUT2D eigenvalue weighted by atomic mass is 35.5. The van der Waals surface area contributed by atoms with Crippen LogP contribution in [0.1, 0.15) is 10.4 Å². The molecule has 0 aliphatic carbocycles. The molecule has 27 heavy (non-hydrogen) atoms. The Bertz CT molecular complexity index is 979. The van der Waals surface area contributed by atoms with Gasteiger partial charge in [0, 0.05) is 22.3 Å². The number of rotatable bonds is 4. The number of carbonyl (C=O) groups excluding carboxylic acids is 1. The maximum absolute atomic E-state index is 12.6. The van der Waals surface area contributed by atoms with Gasteiger partial charge in [0.1, 0.15) is 5.15 Å². The van der Waals surface area contributed by atoms with Gasteiger partial charge in [0.15, 0.2) is 0 Å². The number of pyridine rings is 1. The van der Waals surface area contributed by atoms with Crippen molar-refractivity contribution in [1.29, 1.82) is 0 Å². The lowest BCUT2D eigenvalue weighted by Gasteiger charge is -2.13. The number of anilines is 1. The van der Waals surface area contributed by atoms with Crippen molar-refractivity contribution >= 4 is 35.0 Å². The van der Waals surface area contributed by atoms with Gasteiger partial charge in [-0.2, -0.15) is 13.2 Å². The number of aromatic nitrogens is 1. The number of carbonyl (C=O) groups is 1. The summed E-state index contributed by atoms with van der Waals surface area (Å²) in [5.41, 5.74) is -2.57. The molecule has 0 fully saturated rings. The van der Waals surface area contributed by atoms with Crippen LogP contribution in [0.25, 0.3) is 11.1 Å². The molecule has 2 aromatic carbocycles. The lowest BCUT2D eigenvalue weighted by molar-refractivity contribution is -0.0328. The molecule has 1 amide bonds. The first-order valence-corrected chi connectivity index (χ1v) is 8.90. The zero-order chi connectivity index (χ0) is 19.4. The molecule has 3 rings (SSSR count). The third kappa shape index (κ3) is 5.02. The standard InChI is InChI=1S/C19H12ClF3N2OS/c20-17-15(8-4-10-24-17)18(26)25-16-9-2-1-7-14(16)12-5-3-6-13(11-12)27-19(21,22)23/h1-11H,(H,25,26). The van der Waals surface area contributed by atoms with E-state index in [2.05, 4.69) is 10.3 Å². The van der Waals surface area contributed by atoms with Gasteiger partial charge in [-0.1, -0.05) is 41.9 Å². The van der Waals surface area contributed by atoms with Crippen LogP contribution in [0.15, 0.2) is 71.8 Å². The molecule has 0 bridgehead atoms. The van der Waals surface area contributed by atoms with Crippen molar-refractivity contribution in [2.75, 3.05) is 5.32 Å². The fourth-order valence-electron chi connectivity index (χ4n) is 2.45. The summed E-state index contributed by atoms with van der Waals surface area (Å²) in [4.78, 5) is 16.4. The maximum Gasteiger partial charge on any atom is 0.446 e. The van der Waals surface area contributed by atoms with Crippen molar-refractivity contribution in [2.45, 2.75) is 10.4 Å². The molecule has 138 valence electrons. The molecule has 0 aliphatic heterocycles. The average molecular weight is 409 g/mol. The van der Waals surface area contributed by atoms with Gasteiger partial charge >= 0.3 is 5.51 Å². The molecular weight excluding hydrogens is 397 g/mol. The van der Waals surface area contributed by atoms with Crippen molar-refractivity contribution in [1.82, 2.24) is 4.98 Å². The molecule has 1 aromatic heterocycles. The zero-order valence-electron chi connectivity index (χ0n) is 13.6. The second-order valence-electron chi connectivity index (χ2n) is 5.42. The van der Waals surface area contributed by atoms with E-state index in [1.54, 1.807) is 42.5 Å². The molecule has 3 nitrogen and oxygen atoms in total. The van der Waals surface area contributed by atoms with Crippen LogP contribution in [0.5, 0.6) is 0 Å². The number of alkyl halides is 3. The highest BCUT2D eigenvalue weighted by molar-refractivity contribution is 8.00. The molecule has 0 atom stereocenters. The number of thioether (sulfide) groups is 1. The van der Waals surface area contributed by atoms with Crippen LogP contribution in [0.4, 0.5) is 18.9 Å². The van der Waals surface area contributed by atoms with Gasteiger partial charge in [0.2, 0.25) is 0 Å². The van der Waals surface area contributed by atoms with Crippen molar-refractivity contribution in [2.24, 2.45) is 0 Å². The Kier molecular flexibility index (Phi) is 5.72. The lowest BCUT2D eigenvalue weighted by Crippen LogP contribution is -2.13. The normalized spacial score (nSPS) is 11.3. The smallest absolute Gasteiger partial charge is 0.321 e. The van der Waals surface area contributed by atoms with E-state index in [-0.39, 0.29) is 27.4 Å². The molecule has 0 radical (unpaired) electrons. The number of amides is 1. The Balaban J connectivity index is 1.92. The highest BCUT2D eigenvalue weighted by Gasteiger charge is 2.29. The number of hydrogen-bond donors (Lipinski definition) is 1. The van der Waals surface area contributed by atoms with Crippen LogP contribution < -0.4 is 5.32 Å². The average Bonchev–Trinajstić information content (AvgIpc) is 2.61. The Morgan fingerprint density at radius 3 is 2.56 bits per heavy atom. The van der Waals surface area contributed by atoms with Crippen LogP contribution in [0.3, 0.4) is 0 Å². The van der Waals surface area contributed by atoms with Gasteiger partial charge in [-0.15, -0.1) is 0 Å². The number of nitrogens with zero attached hydrogens (tertiary/aromatic N) is 1. The number of halogens is 4. The summed E-state index contributed by atoms with van der Waals surface area (Å²) in [5.74, 6) is -0.457. The third-order valence-corrected chi connectivity index (χ3v) is 4.58. The molecule has 0 spiro atoms. The van der Waals surface area contributed by atoms with Gasteiger partial charge < -0.3 is 5.32 Å². The minimum atomic E-state index is -4.37. The van der Waals surface area contributed by atoms with Crippen molar-refractivity contribution in [3.63, 3.8) is 0 Å². The third-order valence-electron chi connectivity index (χ3n) is 3.56. The monoisotopic (exact) mass is 408 g/mol. The SMILES string of the molecule is O=C(Nc1ccccc1-c1cccc(SC(F)(F)F)c1)c1cccnc1Cl. The van der Waals surface area contributed by atoms with Gasteiger partial charge in [-0.05, 0) is 47.7 Å². The Hall–Kier alpha value is -2.51. The summed E-state index contributed by atoms with van der Waals surface area (Å²) >= 11 is 5.76. The molecule has 0 unspecified atom stereocenters. The minimum absolute atomic E-state index is 0.0658. The van der Waals surface area contributed by atoms with Crippen LogP contribution in [0.2, 0.25) is 5.15 Å². The van der Waals surface area contributed by atoms with Crippen LogP contribution in [0, 0.1) is 0 Å². The van der Waals surface area contributed by atoms with Gasteiger partial charge in [0.05, 0.1) is 5.56 Å². The first-order valence-electron chi connectivity index (χ1n) is 7.70. The van der Waals surface area contributed by atoms with Crippen molar-refractivity contribution < 1.29 is 18.0 Å². The molecule has 1 N–H and O–H groups in total. The zero-order valence-corrected chi connectivity index (χ0v) is 15.2. The topological polar surface area (TPSA) is 42.0 Å².